The molecule has 1 heterocycles. The molecule has 1 fully saturated rings. The van der Waals surface area contributed by atoms with Gasteiger partial charge in [0.05, 0.1) is 0 Å². The molecule has 1 unspecified atom stereocenters. The highest BCUT2D eigenvalue weighted by molar-refractivity contribution is 4.84. The second-order valence-electron chi connectivity index (χ2n) is 3.69. The maximum atomic E-state index is 2.37. The fourth-order valence-corrected chi connectivity index (χ4v) is 1.47. The number of likely N-dealkylation sites (tertiary alicyclic amines) is 1. The van der Waals surface area contributed by atoms with E-state index < -0.39 is 0 Å². The van der Waals surface area contributed by atoms with Crippen molar-refractivity contribution in [2.45, 2.75) is 26.8 Å². The summed E-state index contributed by atoms with van der Waals surface area (Å²) < 4.78 is 0. The van der Waals surface area contributed by atoms with Gasteiger partial charge < -0.3 is 9.80 Å². The molecule has 0 aromatic rings. The highest BCUT2D eigenvalue weighted by atomic mass is 15.2. The van der Waals surface area contributed by atoms with Crippen LogP contribution in [0.25, 0.3) is 0 Å². The van der Waals surface area contributed by atoms with E-state index in [-0.39, 0.29) is 0 Å². The van der Waals surface area contributed by atoms with Crippen LogP contribution in [0, 0.1) is 5.92 Å². The zero-order chi connectivity index (χ0) is 9.72. The maximum absolute atomic E-state index is 2.37. The molecule has 0 amide bonds. The van der Waals surface area contributed by atoms with Gasteiger partial charge >= 0.3 is 0 Å². The van der Waals surface area contributed by atoms with Crippen molar-refractivity contribution in [2.75, 3.05) is 34.2 Å². The maximum Gasteiger partial charge on any atom is 0.0114 e. The number of nitrogens with zero attached hydrogens (tertiary/aromatic N) is 2. The Balaban J connectivity index is 0.000000561. The summed E-state index contributed by atoms with van der Waals surface area (Å²) in [5.74, 6) is 0.903. The van der Waals surface area contributed by atoms with Crippen LogP contribution in [0.4, 0.5) is 0 Å². The standard InChI is InChI=1S/C8H18N2.C2H6/c1-7(9(2)3)8-5-10(4)6-8;1-2/h7-8H,5-6H2,1-4H3;1-2H3. The Kier molecular flexibility index (Phi) is 5.51. The van der Waals surface area contributed by atoms with Crippen molar-refractivity contribution in [3.8, 4) is 0 Å². The van der Waals surface area contributed by atoms with Crippen LogP contribution in [0.15, 0.2) is 0 Å². The van der Waals surface area contributed by atoms with Crippen LogP contribution < -0.4 is 0 Å². The lowest BCUT2D eigenvalue weighted by Gasteiger charge is -2.42. The lowest BCUT2D eigenvalue weighted by atomic mass is 9.93. The molecule has 0 N–H and O–H groups in total. The third-order valence-corrected chi connectivity index (χ3v) is 2.59. The molecule has 2 nitrogen and oxygen atoms in total. The first-order valence-corrected chi connectivity index (χ1v) is 4.96. The molecule has 1 aliphatic rings. The molecule has 1 atom stereocenters. The van der Waals surface area contributed by atoms with E-state index in [4.69, 9.17) is 0 Å². The molecule has 0 bridgehead atoms. The van der Waals surface area contributed by atoms with E-state index in [0.29, 0.717) is 0 Å². The smallest absolute Gasteiger partial charge is 0.0114 e. The van der Waals surface area contributed by atoms with Crippen LogP contribution in [0.5, 0.6) is 0 Å². The third-order valence-electron chi connectivity index (χ3n) is 2.59. The minimum Gasteiger partial charge on any atom is -0.306 e. The summed E-state index contributed by atoms with van der Waals surface area (Å²) in [7, 11) is 6.49. The van der Waals surface area contributed by atoms with Crippen LogP contribution in [0.1, 0.15) is 20.8 Å². The predicted octanol–water partition coefficient (Wildman–Crippen LogP) is 1.52. The molecular weight excluding hydrogens is 148 g/mol. The van der Waals surface area contributed by atoms with Gasteiger partial charge in [-0.2, -0.15) is 0 Å². The molecule has 1 saturated heterocycles. The minimum absolute atomic E-state index is 0.746. The Morgan fingerprint density at radius 3 is 1.92 bits per heavy atom. The molecule has 74 valence electrons. The Bertz CT molecular complexity index is 106. The molecule has 0 aromatic heterocycles. The molecule has 1 aliphatic heterocycles. The van der Waals surface area contributed by atoms with Crippen molar-refractivity contribution in [2.24, 2.45) is 5.92 Å². The Morgan fingerprint density at radius 2 is 1.67 bits per heavy atom. The molecule has 2 heteroatoms. The zero-order valence-electron chi connectivity index (χ0n) is 9.46. The topological polar surface area (TPSA) is 6.48 Å². The van der Waals surface area contributed by atoms with Gasteiger partial charge in [-0.25, -0.2) is 0 Å². The Labute approximate surface area is 77.5 Å². The lowest BCUT2D eigenvalue weighted by Crippen LogP contribution is -2.52. The van der Waals surface area contributed by atoms with E-state index in [1.165, 1.54) is 13.1 Å². The summed E-state index contributed by atoms with van der Waals surface area (Å²) in [5, 5.41) is 0. The highest BCUT2D eigenvalue weighted by Gasteiger charge is 2.29. The summed E-state index contributed by atoms with van der Waals surface area (Å²) in [6.07, 6.45) is 0. The largest absolute Gasteiger partial charge is 0.306 e. The molecule has 12 heavy (non-hydrogen) atoms. The zero-order valence-corrected chi connectivity index (χ0v) is 9.46. The first-order valence-electron chi connectivity index (χ1n) is 4.96. The molecule has 1 rings (SSSR count). The van der Waals surface area contributed by atoms with E-state index in [1.54, 1.807) is 0 Å². The first-order chi connectivity index (χ1) is 5.61. The fourth-order valence-electron chi connectivity index (χ4n) is 1.47. The van der Waals surface area contributed by atoms with Gasteiger partial charge in [0.15, 0.2) is 0 Å². The predicted molar refractivity (Wildman–Crippen MR) is 55.5 cm³/mol. The van der Waals surface area contributed by atoms with Gasteiger partial charge in [-0.15, -0.1) is 0 Å². The van der Waals surface area contributed by atoms with Gasteiger partial charge in [0.1, 0.15) is 0 Å². The van der Waals surface area contributed by atoms with Crippen molar-refractivity contribution in [1.29, 1.82) is 0 Å². The number of hydrogen-bond acceptors (Lipinski definition) is 2. The fraction of sp³-hybridized carbons (Fsp3) is 1.00. The SMILES string of the molecule is CC.CC(C1CN(C)C1)N(C)C. The molecular formula is C10H24N2. The second-order valence-corrected chi connectivity index (χ2v) is 3.69. The van der Waals surface area contributed by atoms with Crippen molar-refractivity contribution in [1.82, 2.24) is 9.80 Å². The molecule has 0 saturated carbocycles. The quantitative estimate of drug-likeness (QED) is 0.623. The summed E-state index contributed by atoms with van der Waals surface area (Å²) in [6, 6.07) is 0.746. The van der Waals surface area contributed by atoms with E-state index in [2.05, 4.69) is 37.9 Å². The lowest BCUT2D eigenvalue weighted by molar-refractivity contribution is 0.0671. The van der Waals surface area contributed by atoms with Crippen molar-refractivity contribution < 1.29 is 0 Å². The summed E-state index contributed by atoms with van der Waals surface area (Å²) >= 11 is 0. The molecule has 0 spiro atoms. The van der Waals surface area contributed by atoms with Gasteiger partial charge in [0.2, 0.25) is 0 Å². The number of rotatable bonds is 2. The van der Waals surface area contributed by atoms with Gasteiger partial charge in [0.25, 0.3) is 0 Å². The van der Waals surface area contributed by atoms with Gasteiger partial charge in [-0.3, -0.25) is 0 Å². The molecule has 0 radical (unpaired) electrons. The number of hydrogen-bond donors (Lipinski definition) is 0. The normalized spacial score (nSPS) is 21.2. The van der Waals surface area contributed by atoms with Crippen LogP contribution in [-0.2, 0) is 0 Å². The van der Waals surface area contributed by atoms with Gasteiger partial charge in [-0.1, -0.05) is 13.8 Å². The van der Waals surface area contributed by atoms with Gasteiger partial charge in [-0.05, 0) is 34.0 Å². The third kappa shape index (κ3) is 3.11. The molecule has 0 aliphatic carbocycles. The summed E-state index contributed by atoms with van der Waals surface area (Å²) in [4.78, 5) is 4.67. The minimum atomic E-state index is 0.746. The van der Waals surface area contributed by atoms with Crippen LogP contribution in [-0.4, -0.2) is 50.1 Å². The average molecular weight is 172 g/mol. The van der Waals surface area contributed by atoms with Gasteiger partial charge in [0, 0.05) is 19.1 Å². The van der Waals surface area contributed by atoms with Crippen LogP contribution >= 0.6 is 0 Å². The molecule has 0 aromatic carbocycles. The van der Waals surface area contributed by atoms with E-state index in [0.717, 1.165) is 12.0 Å². The van der Waals surface area contributed by atoms with E-state index >= 15 is 0 Å². The second kappa shape index (κ2) is 5.55. The van der Waals surface area contributed by atoms with Crippen LogP contribution in [0.2, 0.25) is 0 Å². The Hall–Kier alpha value is -0.0800. The summed E-state index contributed by atoms with van der Waals surface area (Å²) in [6.45, 7) is 8.86. The van der Waals surface area contributed by atoms with Crippen LogP contribution in [0.3, 0.4) is 0 Å². The Morgan fingerprint density at radius 1 is 1.25 bits per heavy atom. The van der Waals surface area contributed by atoms with E-state index in [1.807, 2.05) is 13.8 Å². The van der Waals surface area contributed by atoms with Crippen molar-refractivity contribution in [3.63, 3.8) is 0 Å². The monoisotopic (exact) mass is 172 g/mol. The first kappa shape index (κ1) is 11.9. The van der Waals surface area contributed by atoms with Crippen molar-refractivity contribution in [3.05, 3.63) is 0 Å². The summed E-state index contributed by atoms with van der Waals surface area (Å²) in [5.41, 5.74) is 0. The highest BCUT2D eigenvalue weighted by Crippen LogP contribution is 2.19. The average Bonchev–Trinajstić information content (AvgIpc) is 2.01. The van der Waals surface area contributed by atoms with Crippen molar-refractivity contribution >= 4 is 0 Å². The van der Waals surface area contributed by atoms with E-state index in [9.17, 15) is 0 Å².